The molecule has 0 atom stereocenters. The van der Waals surface area contributed by atoms with Crippen molar-refractivity contribution in [3.8, 4) is 0 Å². The third-order valence-electron chi connectivity index (χ3n) is 2.90. The van der Waals surface area contributed by atoms with Crippen molar-refractivity contribution in [2.24, 2.45) is 0 Å². The first-order valence-electron chi connectivity index (χ1n) is 6.84. The average Bonchev–Trinajstić information content (AvgIpc) is 2.98. The van der Waals surface area contributed by atoms with Gasteiger partial charge in [0.15, 0.2) is 0 Å². The fourth-order valence-corrected chi connectivity index (χ4v) is 1.74. The van der Waals surface area contributed by atoms with Gasteiger partial charge >= 0.3 is 11.9 Å². The maximum atomic E-state index is 10.7. The molecule has 0 aromatic carbocycles. The van der Waals surface area contributed by atoms with Gasteiger partial charge in [-0.15, -0.1) is 0 Å². The number of ether oxygens (including phenoxy) is 2. The van der Waals surface area contributed by atoms with Crippen LogP contribution in [0.25, 0.3) is 0 Å². The highest BCUT2D eigenvalue weighted by molar-refractivity contribution is 5.69. The number of hydrogen-bond acceptors (Lipinski definition) is 6. The molecule has 0 amide bonds. The fraction of sp³-hybridized carbons (Fsp3) is 0.714. The van der Waals surface area contributed by atoms with Gasteiger partial charge in [-0.3, -0.25) is 9.59 Å². The summed E-state index contributed by atoms with van der Waals surface area (Å²) in [4.78, 5) is 23.4. The summed E-state index contributed by atoms with van der Waals surface area (Å²) in [6, 6.07) is 0. The van der Waals surface area contributed by atoms with E-state index < -0.39 is 0 Å². The third kappa shape index (κ3) is 10.4. The number of hydrogen-bond donors (Lipinski definition) is 1. The van der Waals surface area contributed by atoms with Gasteiger partial charge in [0, 0.05) is 14.5 Å². The molecule has 118 valence electrons. The van der Waals surface area contributed by atoms with Crippen LogP contribution in [0.3, 0.4) is 0 Å². The zero-order valence-corrected chi connectivity index (χ0v) is 12.5. The predicted octanol–water partition coefficient (Wildman–Crippen LogP) is 1.17. The van der Waals surface area contributed by atoms with Crippen LogP contribution in [0.4, 0.5) is 0 Å². The van der Waals surface area contributed by atoms with Gasteiger partial charge in [0.2, 0.25) is 0 Å². The lowest BCUT2D eigenvalue weighted by Gasteiger charge is -2.12. The number of carbonyl (C=O) groups excluding carboxylic acids is 2. The number of carbonyl (C=O) groups is 2. The SMILES string of the molecule is C=CNCCC(=O)OC.COC(=O)CCN1CCCC1.[HH]. The Morgan fingerprint density at radius 2 is 1.75 bits per heavy atom. The Morgan fingerprint density at radius 1 is 1.20 bits per heavy atom. The van der Waals surface area contributed by atoms with Crippen LogP contribution >= 0.6 is 0 Å². The van der Waals surface area contributed by atoms with Crippen LogP contribution in [0.15, 0.2) is 12.8 Å². The first-order valence-corrected chi connectivity index (χ1v) is 6.84. The molecule has 0 radical (unpaired) electrons. The van der Waals surface area contributed by atoms with Gasteiger partial charge in [0.05, 0.1) is 27.1 Å². The molecule has 1 aliphatic heterocycles. The van der Waals surface area contributed by atoms with Crippen LogP contribution in [-0.4, -0.2) is 57.2 Å². The maximum Gasteiger partial charge on any atom is 0.307 e. The van der Waals surface area contributed by atoms with Crippen molar-refractivity contribution in [1.82, 2.24) is 10.2 Å². The van der Waals surface area contributed by atoms with Crippen molar-refractivity contribution in [3.63, 3.8) is 0 Å². The second-order valence-corrected chi connectivity index (χ2v) is 4.36. The molecule has 20 heavy (non-hydrogen) atoms. The molecule has 1 aliphatic rings. The molecule has 1 rings (SSSR count). The molecular formula is C14H28N2O4. The van der Waals surface area contributed by atoms with E-state index in [1.165, 1.54) is 27.1 Å². The van der Waals surface area contributed by atoms with Crippen molar-refractivity contribution in [2.75, 3.05) is 40.4 Å². The minimum atomic E-state index is -0.204. The molecule has 1 fully saturated rings. The van der Waals surface area contributed by atoms with Gasteiger partial charge in [-0.05, 0) is 32.1 Å². The molecule has 6 heteroatoms. The van der Waals surface area contributed by atoms with Crippen molar-refractivity contribution < 1.29 is 20.5 Å². The minimum Gasteiger partial charge on any atom is -0.469 e. The monoisotopic (exact) mass is 288 g/mol. The van der Waals surface area contributed by atoms with Gasteiger partial charge in [-0.1, -0.05) is 6.58 Å². The molecule has 0 spiro atoms. The zero-order valence-electron chi connectivity index (χ0n) is 12.5. The predicted molar refractivity (Wildman–Crippen MR) is 79.3 cm³/mol. The Kier molecular flexibility index (Phi) is 11.5. The molecule has 1 heterocycles. The number of likely N-dealkylation sites (tertiary alicyclic amines) is 1. The lowest BCUT2D eigenvalue weighted by Crippen LogP contribution is -2.22. The standard InChI is InChI=1S/C8H15NO2.C6H11NO2.H2/c1-11-8(10)4-7-9-5-2-3-6-9;1-3-7-5-4-6(8)9-2;/h2-7H2,1H3;3,7H,1,4-5H2,2H3;1H. The summed E-state index contributed by atoms with van der Waals surface area (Å²) in [6.45, 7) is 7.18. The maximum absolute atomic E-state index is 10.7. The van der Waals surface area contributed by atoms with Crippen LogP contribution in [0.2, 0.25) is 0 Å². The normalized spacial score (nSPS) is 13.9. The van der Waals surface area contributed by atoms with E-state index in [1.54, 1.807) is 6.20 Å². The lowest BCUT2D eigenvalue weighted by atomic mass is 10.4. The van der Waals surface area contributed by atoms with Gasteiger partial charge < -0.3 is 19.7 Å². The highest BCUT2D eigenvalue weighted by atomic mass is 16.5. The van der Waals surface area contributed by atoms with Crippen LogP contribution in [0, 0.1) is 0 Å². The molecule has 1 N–H and O–H groups in total. The Balaban J connectivity index is 0. The highest BCUT2D eigenvalue weighted by Crippen LogP contribution is 2.07. The van der Waals surface area contributed by atoms with Crippen LogP contribution in [0.1, 0.15) is 27.1 Å². The third-order valence-corrected chi connectivity index (χ3v) is 2.90. The Morgan fingerprint density at radius 3 is 2.25 bits per heavy atom. The molecule has 0 aromatic heterocycles. The van der Waals surface area contributed by atoms with E-state index >= 15 is 0 Å². The Labute approximate surface area is 122 Å². The van der Waals surface area contributed by atoms with E-state index in [9.17, 15) is 9.59 Å². The largest absolute Gasteiger partial charge is 0.469 e. The van der Waals surface area contributed by atoms with Crippen molar-refractivity contribution in [2.45, 2.75) is 25.7 Å². The number of nitrogens with zero attached hydrogens (tertiary/aromatic N) is 1. The van der Waals surface area contributed by atoms with Gasteiger partial charge in [0.1, 0.15) is 0 Å². The fourth-order valence-electron chi connectivity index (χ4n) is 1.74. The Bertz CT molecular complexity index is 295. The molecule has 6 nitrogen and oxygen atoms in total. The summed E-state index contributed by atoms with van der Waals surface area (Å²) in [5, 5.41) is 2.78. The number of rotatable bonds is 7. The van der Waals surface area contributed by atoms with Crippen molar-refractivity contribution >= 4 is 11.9 Å². The van der Waals surface area contributed by atoms with E-state index in [0.29, 0.717) is 19.4 Å². The first kappa shape index (κ1) is 18.4. The quantitative estimate of drug-likeness (QED) is 0.560. The molecule has 1 saturated heterocycles. The summed E-state index contributed by atoms with van der Waals surface area (Å²) in [7, 11) is 2.81. The summed E-state index contributed by atoms with van der Waals surface area (Å²) in [6.07, 6.45) is 5.03. The number of esters is 2. The highest BCUT2D eigenvalue weighted by Gasteiger charge is 2.12. The molecule has 0 bridgehead atoms. The van der Waals surface area contributed by atoms with Gasteiger partial charge in [0.25, 0.3) is 0 Å². The molecular weight excluding hydrogens is 260 g/mol. The average molecular weight is 288 g/mol. The number of methoxy groups -OCH3 is 2. The lowest BCUT2D eigenvalue weighted by molar-refractivity contribution is -0.141. The minimum absolute atomic E-state index is 0. The second-order valence-electron chi connectivity index (χ2n) is 4.36. The molecule has 0 aromatic rings. The van der Waals surface area contributed by atoms with Gasteiger partial charge in [-0.25, -0.2) is 0 Å². The number of nitrogens with one attached hydrogen (secondary N) is 1. The summed E-state index contributed by atoms with van der Waals surface area (Å²) in [5.41, 5.74) is 0. The zero-order chi connectivity index (χ0) is 15.2. The summed E-state index contributed by atoms with van der Waals surface area (Å²) >= 11 is 0. The van der Waals surface area contributed by atoms with Crippen LogP contribution in [0.5, 0.6) is 0 Å². The van der Waals surface area contributed by atoms with Crippen LogP contribution < -0.4 is 5.32 Å². The summed E-state index contributed by atoms with van der Waals surface area (Å²) < 4.78 is 8.93. The van der Waals surface area contributed by atoms with Crippen molar-refractivity contribution in [1.29, 1.82) is 0 Å². The molecule has 0 unspecified atom stereocenters. The van der Waals surface area contributed by atoms with Gasteiger partial charge in [-0.2, -0.15) is 0 Å². The van der Waals surface area contributed by atoms with Crippen molar-refractivity contribution in [3.05, 3.63) is 12.8 Å². The second kappa shape index (κ2) is 12.5. The van der Waals surface area contributed by atoms with E-state index in [1.807, 2.05) is 0 Å². The smallest absolute Gasteiger partial charge is 0.307 e. The van der Waals surface area contributed by atoms with E-state index in [-0.39, 0.29) is 13.4 Å². The Hall–Kier alpha value is -1.56. The topological polar surface area (TPSA) is 67.9 Å². The van der Waals surface area contributed by atoms with Crippen LogP contribution in [-0.2, 0) is 19.1 Å². The summed E-state index contributed by atoms with van der Waals surface area (Å²) in [5.74, 6) is -0.304. The van der Waals surface area contributed by atoms with E-state index in [4.69, 9.17) is 0 Å². The molecule has 0 saturated carbocycles. The molecule has 0 aliphatic carbocycles. The van der Waals surface area contributed by atoms with E-state index in [2.05, 4.69) is 26.3 Å². The van der Waals surface area contributed by atoms with E-state index in [0.717, 1.165) is 19.6 Å². The first-order chi connectivity index (χ1) is 9.63.